The Hall–Kier alpha value is -1.72. The number of aromatic nitrogens is 5. The van der Waals surface area contributed by atoms with Gasteiger partial charge in [0.15, 0.2) is 11.0 Å². The summed E-state index contributed by atoms with van der Waals surface area (Å²) in [6.07, 6.45) is 0. The van der Waals surface area contributed by atoms with Gasteiger partial charge in [0.2, 0.25) is 0 Å². The highest BCUT2D eigenvalue weighted by Crippen LogP contribution is 2.32. The molecule has 0 aliphatic rings. The van der Waals surface area contributed by atoms with E-state index in [4.69, 9.17) is 0 Å². The lowest BCUT2D eigenvalue weighted by Gasteiger charge is -2.06. The maximum absolute atomic E-state index is 11.1. The molecular weight excluding hydrogens is 428 g/mol. The lowest BCUT2D eigenvalue weighted by atomic mass is 10.3. The summed E-state index contributed by atoms with van der Waals surface area (Å²) in [5.74, 6) is 1.26. The largest absolute Gasteiger partial charge is 0.312 e. The van der Waals surface area contributed by atoms with E-state index in [0.29, 0.717) is 17.3 Å². The zero-order chi connectivity index (χ0) is 18.1. The Morgan fingerprint density at radius 3 is 2.72 bits per heavy atom. The van der Waals surface area contributed by atoms with E-state index < -0.39 is 0 Å². The van der Waals surface area contributed by atoms with Crippen LogP contribution in [0, 0.1) is 24.0 Å². The van der Waals surface area contributed by atoms with Gasteiger partial charge >= 0.3 is 5.69 Å². The molecule has 0 bridgehead atoms. The first-order valence-electron chi connectivity index (χ1n) is 7.41. The monoisotopic (exact) mass is 442 g/mol. The topological polar surface area (TPSA) is 91.7 Å². The molecule has 0 N–H and O–H groups in total. The Balaban J connectivity index is 1.84. The molecule has 0 spiro atoms. The molecule has 0 saturated heterocycles. The van der Waals surface area contributed by atoms with Gasteiger partial charge in [-0.25, -0.2) is 0 Å². The second kappa shape index (κ2) is 7.26. The van der Waals surface area contributed by atoms with E-state index in [1.807, 2.05) is 22.9 Å². The fourth-order valence-corrected chi connectivity index (χ4v) is 4.87. The molecule has 3 heterocycles. The number of hydrogen-bond acceptors (Lipinski definition) is 7. The Labute approximate surface area is 160 Å². The van der Waals surface area contributed by atoms with Crippen LogP contribution in [0.25, 0.3) is 10.7 Å². The summed E-state index contributed by atoms with van der Waals surface area (Å²) in [6, 6.07) is 2.01. The number of hydrogen-bond donors (Lipinski definition) is 0. The molecular formula is C14H15BrN6O2S2. The van der Waals surface area contributed by atoms with E-state index >= 15 is 0 Å². The number of aryl methyl sites for hydroxylation is 1. The van der Waals surface area contributed by atoms with Crippen molar-refractivity contribution in [1.29, 1.82) is 0 Å². The summed E-state index contributed by atoms with van der Waals surface area (Å²) in [6.45, 7) is 6.12. The van der Waals surface area contributed by atoms with Crippen LogP contribution >= 0.6 is 39.0 Å². The average Bonchev–Trinajstić information content (AvgIpc) is 3.22. The zero-order valence-corrected chi connectivity index (χ0v) is 17.0. The fraction of sp³-hybridized carbons (Fsp3) is 0.357. The molecule has 3 aromatic heterocycles. The third-order valence-electron chi connectivity index (χ3n) is 3.66. The predicted molar refractivity (Wildman–Crippen MR) is 101 cm³/mol. The summed E-state index contributed by atoms with van der Waals surface area (Å²) >= 11 is 6.51. The van der Waals surface area contributed by atoms with Gasteiger partial charge in [0.25, 0.3) is 0 Å². The summed E-state index contributed by atoms with van der Waals surface area (Å²) in [7, 11) is 0. The lowest BCUT2D eigenvalue weighted by Crippen LogP contribution is -2.03. The van der Waals surface area contributed by atoms with Crippen LogP contribution in [0.15, 0.2) is 21.1 Å². The summed E-state index contributed by atoms with van der Waals surface area (Å²) in [4.78, 5) is 11.8. The van der Waals surface area contributed by atoms with E-state index in [1.165, 1.54) is 11.8 Å². The maximum atomic E-state index is 11.1. The fourth-order valence-electron chi connectivity index (χ4n) is 2.49. The minimum atomic E-state index is -0.389. The third-order valence-corrected chi connectivity index (χ3v) is 6.28. The van der Waals surface area contributed by atoms with Gasteiger partial charge in [-0.1, -0.05) is 11.8 Å². The third kappa shape index (κ3) is 3.48. The standard InChI is InChI=1S/C14H15BrN6O2S2/c1-4-19-13(11-5-10(15)6-24-11)16-17-14(19)25-7-20-9(3)12(21(22)23)8(2)18-20/h5-6H,4,7H2,1-3H3. The van der Waals surface area contributed by atoms with Crippen molar-refractivity contribution in [3.8, 4) is 10.7 Å². The molecule has 25 heavy (non-hydrogen) atoms. The van der Waals surface area contributed by atoms with Gasteiger partial charge in [0.05, 0.1) is 15.7 Å². The van der Waals surface area contributed by atoms with Crippen LogP contribution in [0.5, 0.6) is 0 Å². The van der Waals surface area contributed by atoms with E-state index in [0.717, 1.165) is 26.9 Å². The van der Waals surface area contributed by atoms with Crippen molar-refractivity contribution in [3.63, 3.8) is 0 Å². The van der Waals surface area contributed by atoms with Crippen LogP contribution < -0.4 is 0 Å². The van der Waals surface area contributed by atoms with Gasteiger partial charge in [0.1, 0.15) is 11.4 Å². The average molecular weight is 443 g/mol. The zero-order valence-electron chi connectivity index (χ0n) is 13.8. The van der Waals surface area contributed by atoms with Gasteiger partial charge in [-0.2, -0.15) is 5.10 Å². The first kappa shape index (κ1) is 18.1. The lowest BCUT2D eigenvalue weighted by molar-refractivity contribution is -0.386. The number of halogens is 1. The first-order chi connectivity index (χ1) is 11.9. The highest BCUT2D eigenvalue weighted by molar-refractivity contribution is 9.10. The number of nitro groups is 1. The van der Waals surface area contributed by atoms with Crippen molar-refractivity contribution < 1.29 is 4.92 Å². The molecule has 132 valence electrons. The van der Waals surface area contributed by atoms with Gasteiger partial charge in [-0.3, -0.25) is 14.8 Å². The molecule has 0 aliphatic heterocycles. The van der Waals surface area contributed by atoms with Crippen molar-refractivity contribution in [2.75, 3.05) is 0 Å². The number of thioether (sulfide) groups is 1. The van der Waals surface area contributed by atoms with Crippen molar-refractivity contribution in [2.45, 2.75) is 38.3 Å². The van der Waals surface area contributed by atoms with Crippen LogP contribution in [0.1, 0.15) is 18.3 Å². The van der Waals surface area contributed by atoms with Gasteiger partial charge in [-0.15, -0.1) is 21.5 Å². The second-order valence-corrected chi connectivity index (χ2v) is 7.97. The first-order valence-corrected chi connectivity index (χ1v) is 10.1. The summed E-state index contributed by atoms with van der Waals surface area (Å²) in [5.41, 5.74) is 1.03. The second-order valence-electron chi connectivity index (χ2n) is 5.23. The predicted octanol–water partition coefficient (Wildman–Crippen LogP) is 4.26. The summed E-state index contributed by atoms with van der Waals surface area (Å²) < 4.78 is 4.68. The molecule has 0 radical (unpaired) electrons. The molecule has 11 heteroatoms. The number of nitrogens with zero attached hydrogens (tertiary/aromatic N) is 6. The molecule has 3 rings (SSSR count). The van der Waals surface area contributed by atoms with Crippen LogP contribution in [0.4, 0.5) is 5.69 Å². The van der Waals surface area contributed by atoms with E-state index in [9.17, 15) is 10.1 Å². The maximum Gasteiger partial charge on any atom is 0.312 e. The molecule has 0 amide bonds. The molecule has 0 saturated carbocycles. The van der Waals surface area contributed by atoms with Crippen LogP contribution in [-0.2, 0) is 12.4 Å². The molecule has 0 fully saturated rings. The SMILES string of the molecule is CCn1c(SCn2nc(C)c([N+](=O)[O-])c2C)nnc1-c1cc(Br)cs1. The van der Waals surface area contributed by atoms with Crippen molar-refractivity contribution in [3.05, 3.63) is 37.4 Å². The minimum absolute atomic E-state index is 0.0710. The number of rotatable bonds is 6. The van der Waals surface area contributed by atoms with E-state index in [2.05, 4.69) is 31.2 Å². The Morgan fingerprint density at radius 2 is 2.16 bits per heavy atom. The van der Waals surface area contributed by atoms with Crippen LogP contribution in [-0.4, -0.2) is 29.5 Å². The Bertz CT molecular complexity index is 932. The van der Waals surface area contributed by atoms with Gasteiger partial charge in [-0.05, 0) is 42.8 Å². The quantitative estimate of drug-likeness (QED) is 0.321. The molecule has 0 atom stereocenters. The van der Waals surface area contributed by atoms with E-state index in [1.54, 1.807) is 29.9 Å². The van der Waals surface area contributed by atoms with Crippen molar-refractivity contribution >= 4 is 44.7 Å². The normalized spacial score (nSPS) is 11.2. The van der Waals surface area contributed by atoms with Crippen molar-refractivity contribution in [1.82, 2.24) is 24.5 Å². The van der Waals surface area contributed by atoms with E-state index in [-0.39, 0.29) is 10.6 Å². The Morgan fingerprint density at radius 1 is 1.40 bits per heavy atom. The van der Waals surface area contributed by atoms with Crippen LogP contribution in [0.3, 0.4) is 0 Å². The Kier molecular flexibility index (Phi) is 5.25. The molecule has 0 aliphatic carbocycles. The summed E-state index contributed by atoms with van der Waals surface area (Å²) in [5, 5.41) is 26.7. The molecule has 8 nitrogen and oxygen atoms in total. The van der Waals surface area contributed by atoms with Gasteiger partial charge in [0, 0.05) is 16.4 Å². The highest BCUT2D eigenvalue weighted by atomic mass is 79.9. The smallest absolute Gasteiger partial charge is 0.302 e. The van der Waals surface area contributed by atoms with Crippen LogP contribution in [0.2, 0.25) is 0 Å². The molecule has 0 aromatic carbocycles. The molecule has 0 unspecified atom stereocenters. The number of thiophene rings is 1. The van der Waals surface area contributed by atoms with Gasteiger partial charge < -0.3 is 4.57 Å². The molecule has 3 aromatic rings. The van der Waals surface area contributed by atoms with Crippen molar-refractivity contribution in [2.24, 2.45) is 0 Å². The highest BCUT2D eigenvalue weighted by Gasteiger charge is 2.22. The minimum Gasteiger partial charge on any atom is -0.302 e.